The highest BCUT2D eigenvalue weighted by Gasteiger charge is 2.15. The minimum absolute atomic E-state index is 0.193. The Morgan fingerprint density at radius 1 is 1.24 bits per heavy atom. The molecule has 0 atom stereocenters. The molecule has 0 aromatic heterocycles. The van der Waals surface area contributed by atoms with Crippen molar-refractivity contribution >= 4 is 11.9 Å². The third-order valence-corrected chi connectivity index (χ3v) is 2.77. The highest BCUT2D eigenvalue weighted by atomic mass is 19.1. The number of aromatic carboxylic acids is 1. The largest absolute Gasteiger partial charge is 0.490 e. The predicted molar refractivity (Wildman–Crippen MR) is 74.0 cm³/mol. The van der Waals surface area contributed by atoms with Gasteiger partial charge in [-0.15, -0.1) is 0 Å². The summed E-state index contributed by atoms with van der Waals surface area (Å²) >= 11 is 0. The molecular formula is C15H19FO5. The number of rotatable bonds is 9. The van der Waals surface area contributed by atoms with Crippen LogP contribution in [-0.2, 0) is 9.53 Å². The van der Waals surface area contributed by atoms with Crippen LogP contribution in [0.25, 0.3) is 0 Å². The first-order valence-corrected chi connectivity index (χ1v) is 6.86. The van der Waals surface area contributed by atoms with E-state index in [-0.39, 0.29) is 23.9 Å². The number of unbranched alkanes of at least 4 members (excludes halogenated alkanes) is 2. The summed E-state index contributed by atoms with van der Waals surface area (Å²) in [6, 6.07) is 3.77. The van der Waals surface area contributed by atoms with Gasteiger partial charge in [0.2, 0.25) is 0 Å². The molecule has 0 aliphatic heterocycles. The smallest absolute Gasteiger partial charge is 0.339 e. The first-order chi connectivity index (χ1) is 10.1. The van der Waals surface area contributed by atoms with Crippen LogP contribution < -0.4 is 4.74 Å². The number of hydrogen-bond donors (Lipinski definition) is 1. The molecule has 0 aliphatic rings. The average Bonchev–Trinajstić information content (AvgIpc) is 2.44. The average molecular weight is 298 g/mol. The molecule has 0 spiro atoms. The Balaban J connectivity index is 2.33. The van der Waals surface area contributed by atoms with Gasteiger partial charge in [0, 0.05) is 6.42 Å². The van der Waals surface area contributed by atoms with Crippen molar-refractivity contribution < 1.29 is 28.6 Å². The van der Waals surface area contributed by atoms with Gasteiger partial charge >= 0.3 is 11.9 Å². The molecule has 0 heterocycles. The fraction of sp³-hybridized carbons (Fsp3) is 0.467. The lowest BCUT2D eigenvalue weighted by Gasteiger charge is -2.09. The second kappa shape index (κ2) is 8.94. The van der Waals surface area contributed by atoms with Crippen molar-refractivity contribution in [2.45, 2.75) is 32.6 Å². The molecule has 1 aromatic rings. The molecule has 0 fully saturated rings. The summed E-state index contributed by atoms with van der Waals surface area (Å²) in [5, 5.41) is 8.94. The Bertz CT molecular complexity index is 487. The van der Waals surface area contributed by atoms with Gasteiger partial charge in [-0.25, -0.2) is 9.18 Å². The van der Waals surface area contributed by atoms with Crippen molar-refractivity contribution in [1.29, 1.82) is 0 Å². The second-order valence-electron chi connectivity index (χ2n) is 4.39. The summed E-state index contributed by atoms with van der Waals surface area (Å²) in [6.45, 7) is 2.32. The number of carbonyl (C=O) groups is 2. The van der Waals surface area contributed by atoms with E-state index in [0.29, 0.717) is 25.9 Å². The lowest BCUT2D eigenvalue weighted by atomic mass is 10.2. The number of esters is 1. The quantitative estimate of drug-likeness (QED) is 0.560. The van der Waals surface area contributed by atoms with Gasteiger partial charge in [0.1, 0.15) is 5.56 Å². The van der Waals surface area contributed by atoms with Gasteiger partial charge in [-0.1, -0.05) is 6.07 Å². The number of ether oxygens (including phenoxy) is 2. The summed E-state index contributed by atoms with van der Waals surface area (Å²) in [5.41, 5.74) is -0.193. The van der Waals surface area contributed by atoms with Crippen LogP contribution >= 0.6 is 0 Å². The van der Waals surface area contributed by atoms with E-state index in [0.717, 1.165) is 12.5 Å². The van der Waals surface area contributed by atoms with Crippen molar-refractivity contribution in [2.24, 2.45) is 0 Å². The lowest BCUT2D eigenvalue weighted by molar-refractivity contribution is -0.143. The number of carboxylic acids is 1. The number of halogens is 1. The van der Waals surface area contributed by atoms with Crippen LogP contribution in [0.5, 0.6) is 5.75 Å². The molecule has 0 radical (unpaired) electrons. The van der Waals surface area contributed by atoms with Gasteiger partial charge < -0.3 is 14.6 Å². The van der Waals surface area contributed by atoms with E-state index >= 15 is 0 Å². The molecule has 0 aliphatic carbocycles. The summed E-state index contributed by atoms with van der Waals surface area (Å²) in [6.07, 6.45) is 2.32. The van der Waals surface area contributed by atoms with Crippen molar-refractivity contribution in [3.05, 3.63) is 29.6 Å². The normalized spacial score (nSPS) is 10.2. The molecular weight excluding hydrogens is 279 g/mol. The molecule has 5 nitrogen and oxygen atoms in total. The molecule has 6 heteroatoms. The highest BCUT2D eigenvalue weighted by molar-refractivity contribution is 5.90. The van der Waals surface area contributed by atoms with Crippen molar-refractivity contribution in [1.82, 2.24) is 0 Å². The van der Waals surface area contributed by atoms with Crippen LogP contribution in [0.15, 0.2) is 18.2 Å². The van der Waals surface area contributed by atoms with E-state index in [4.69, 9.17) is 14.6 Å². The van der Waals surface area contributed by atoms with Gasteiger partial charge in [0.25, 0.3) is 0 Å². The zero-order chi connectivity index (χ0) is 15.7. The monoisotopic (exact) mass is 298 g/mol. The first-order valence-electron chi connectivity index (χ1n) is 6.86. The molecule has 1 aromatic carbocycles. The predicted octanol–water partition coefficient (Wildman–Crippen LogP) is 3.03. The van der Waals surface area contributed by atoms with Crippen LogP contribution in [0.3, 0.4) is 0 Å². The van der Waals surface area contributed by atoms with Crippen molar-refractivity contribution in [3.63, 3.8) is 0 Å². The Hall–Kier alpha value is -2.11. The van der Waals surface area contributed by atoms with E-state index in [2.05, 4.69) is 0 Å². The van der Waals surface area contributed by atoms with Crippen molar-refractivity contribution in [2.75, 3.05) is 13.2 Å². The van der Waals surface area contributed by atoms with Crippen molar-refractivity contribution in [3.8, 4) is 5.75 Å². The van der Waals surface area contributed by atoms with Gasteiger partial charge in [-0.05, 0) is 38.3 Å². The van der Waals surface area contributed by atoms with Crippen LogP contribution in [-0.4, -0.2) is 30.3 Å². The number of carbonyl (C=O) groups excluding carboxylic acids is 1. The Kier molecular flexibility index (Phi) is 7.21. The zero-order valence-electron chi connectivity index (χ0n) is 11.9. The van der Waals surface area contributed by atoms with Gasteiger partial charge in [0.15, 0.2) is 11.6 Å². The van der Waals surface area contributed by atoms with Gasteiger partial charge in [-0.3, -0.25) is 4.79 Å². The maximum atomic E-state index is 13.5. The Morgan fingerprint density at radius 3 is 2.67 bits per heavy atom. The first kappa shape index (κ1) is 16.9. The fourth-order valence-electron chi connectivity index (χ4n) is 1.78. The van der Waals surface area contributed by atoms with Crippen LogP contribution in [0, 0.1) is 5.82 Å². The summed E-state index contributed by atoms with van der Waals surface area (Å²) in [4.78, 5) is 22.0. The molecule has 0 saturated carbocycles. The SMILES string of the molecule is CCOC(=O)CCCCCOc1c(F)cccc1C(=O)O. The standard InChI is InChI=1S/C15H19FO5/c1-2-20-13(17)9-4-3-5-10-21-14-11(15(18)19)7-6-8-12(14)16/h6-8H,2-5,9-10H2,1H3,(H,18,19). The van der Waals surface area contributed by atoms with E-state index in [1.54, 1.807) is 6.92 Å². The maximum absolute atomic E-state index is 13.5. The summed E-state index contributed by atoms with van der Waals surface area (Å²) in [5.74, 6) is -2.40. The number of para-hydroxylation sites is 1. The highest BCUT2D eigenvalue weighted by Crippen LogP contribution is 2.23. The summed E-state index contributed by atoms with van der Waals surface area (Å²) < 4.78 is 23.5. The van der Waals surface area contributed by atoms with Crippen LogP contribution in [0.2, 0.25) is 0 Å². The molecule has 1 N–H and O–H groups in total. The number of benzene rings is 1. The molecule has 116 valence electrons. The zero-order valence-corrected chi connectivity index (χ0v) is 11.9. The molecule has 0 unspecified atom stereocenters. The molecule has 21 heavy (non-hydrogen) atoms. The Labute approximate surface area is 122 Å². The van der Waals surface area contributed by atoms with E-state index in [1.165, 1.54) is 12.1 Å². The molecule has 0 bridgehead atoms. The lowest BCUT2D eigenvalue weighted by Crippen LogP contribution is -2.07. The molecule has 0 amide bonds. The molecule has 1 rings (SSSR count). The third-order valence-electron chi connectivity index (χ3n) is 2.77. The summed E-state index contributed by atoms with van der Waals surface area (Å²) in [7, 11) is 0. The van der Waals surface area contributed by atoms with Gasteiger partial charge in [0.05, 0.1) is 13.2 Å². The van der Waals surface area contributed by atoms with E-state index in [9.17, 15) is 14.0 Å². The minimum atomic E-state index is -1.23. The topological polar surface area (TPSA) is 72.8 Å². The van der Waals surface area contributed by atoms with E-state index < -0.39 is 11.8 Å². The second-order valence-corrected chi connectivity index (χ2v) is 4.39. The van der Waals surface area contributed by atoms with Gasteiger partial charge in [-0.2, -0.15) is 0 Å². The van der Waals surface area contributed by atoms with Crippen LogP contribution in [0.1, 0.15) is 43.0 Å². The van der Waals surface area contributed by atoms with E-state index in [1.807, 2.05) is 0 Å². The maximum Gasteiger partial charge on any atom is 0.339 e. The number of carboxylic acid groups (broad SMARTS) is 1. The fourth-order valence-corrected chi connectivity index (χ4v) is 1.78. The minimum Gasteiger partial charge on any atom is -0.490 e. The van der Waals surface area contributed by atoms with Crippen LogP contribution in [0.4, 0.5) is 4.39 Å². The third kappa shape index (κ3) is 5.81. The number of hydrogen-bond acceptors (Lipinski definition) is 4. The molecule has 0 saturated heterocycles. The Morgan fingerprint density at radius 2 is 2.00 bits per heavy atom.